The number of hydrogen-bond acceptors (Lipinski definition) is 3. The topological polar surface area (TPSA) is 58.4 Å². The minimum absolute atomic E-state index is 0.0897. The highest BCUT2D eigenvalue weighted by Crippen LogP contribution is 2.31. The van der Waals surface area contributed by atoms with E-state index in [1.807, 2.05) is 13.1 Å². The number of carbonyl (C=O) groups excluding carboxylic acids is 1. The number of alkyl halides is 3. The van der Waals surface area contributed by atoms with Crippen LogP contribution in [0.5, 0.6) is 0 Å². The number of aliphatic hydroxyl groups is 1. The smallest absolute Gasteiger partial charge is 0.383 e. The average Bonchev–Trinajstić information content (AvgIpc) is 2.89. The zero-order valence-electron chi connectivity index (χ0n) is 12.4. The summed E-state index contributed by atoms with van der Waals surface area (Å²) in [7, 11) is 0. The van der Waals surface area contributed by atoms with Gasteiger partial charge in [0.05, 0.1) is 6.20 Å². The van der Waals surface area contributed by atoms with E-state index in [1.165, 1.54) is 0 Å². The van der Waals surface area contributed by atoms with E-state index in [2.05, 4.69) is 5.10 Å². The standard InChI is InChI=1S/C14H20F3N3O2/c1-10-8-18-20(9-10)7-4-12(21)19-5-2-11(3-6-19)13(22)14(15,16)17/h8-9,11,13,22H,2-7H2,1H3. The first-order valence-corrected chi connectivity index (χ1v) is 7.29. The van der Waals surface area contributed by atoms with Crippen LogP contribution in [0.25, 0.3) is 0 Å². The van der Waals surface area contributed by atoms with Gasteiger partial charge in [0, 0.05) is 32.3 Å². The number of piperidine rings is 1. The number of amides is 1. The number of likely N-dealkylation sites (tertiary alicyclic amines) is 1. The Labute approximate surface area is 126 Å². The summed E-state index contributed by atoms with van der Waals surface area (Å²) in [6, 6.07) is 0. The fraction of sp³-hybridized carbons (Fsp3) is 0.714. The van der Waals surface area contributed by atoms with E-state index in [4.69, 9.17) is 0 Å². The van der Waals surface area contributed by atoms with Crippen molar-refractivity contribution in [3.05, 3.63) is 18.0 Å². The number of hydrogen-bond donors (Lipinski definition) is 1. The summed E-state index contributed by atoms with van der Waals surface area (Å²) < 4.78 is 39.1. The van der Waals surface area contributed by atoms with Crippen molar-refractivity contribution < 1.29 is 23.1 Å². The SMILES string of the molecule is Cc1cnn(CCC(=O)N2CCC(C(O)C(F)(F)F)CC2)c1. The van der Waals surface area contributed by atoms with Gasteiger partial charge in [0.25, 0.3) is 0 Å². The highest BCUT2D eigenvalue weighted by molar-refractivity contribution is 5.76. The molecule has 1 N–H and O–H groups in total. The van der Waals surface area contributed by atoms with Gasteiger partial charge in [-0.2, -0.15) is 18.3 Å². The highest BCUT2D eigenvalue weighted by atomic mass is 19.4. The third-order valence-corrected chi connectivity index (χ3v) is 3.99. The second kappa shape index (κ2) is 6.68. The molecule has 0 saturated carbocycles. The highest BCUT2D eigenvalue weighted by Gasteiger charge is 2.44. The van der Waals surface area contributed by atoms with E-state index in [9.17, 15) is 23.1 Å². The Kier molecular flexibility index (Phi) is 5.10. The summed E-state index contributed by atoms with van der Waals surface area (Å²) in [4.78, 5) is 13.6. The maximum Gasteiger partial charge on any atom is 0.414 e. The van der Waals surface area contributed by atoms with Gasteiger partial charge in [0.1, 0.15) is 0 Å². The van der Waals surface area contributed by atoms with Crippen LogP contribution in [0.4, 0.5) is 13.2 Å². The van der Waals surface area contributed by atoms with Gasteiger partial charge in [-0.05, 0) is 31.2 Å². The van der Waals surface area contributed by atoms with Crippen molar-refractivity contribution in [1.29, 1.82) is 0 Å². The van der Waals surface area contributed by atoms with Gasteiger partial charge in [-0.15, -0.1) is 0 Å². The normalized spacial score (nSPS) is 18.5. The van der Waals surface area contributed by atoms with Crippen molar-refractivity contribution >= 4 is 5.91 Å². The van der Waals surface area contributed by atoms with Crippen LogP contribution in [0.2, 0.25) is 0 Å². The molecule has 1 aliphatic rings. The van der Waals surface area contributed by atoms with E-state index in [0.717, 1.165) is 5.56 Å². The van der Waals surface area contributed by atoms with E-state index in [0.29, 0.717) is 6.54 Å². The molecule has 1 atom stereocenters. The lowest BCUT2D eigenvalue weighted by atomic mass is 9.91. The first-order valence-electron chi connectivity index (χ1n) is 7.29. The van der Waals surface area contributed by atoms with Crippen molar-refractivity contribution in [2.75, 3.05) is 13.1 Å². The molecule has 2 heterocycles. The molecule has 8 heteroatoms. The Morgan fingerprint density at radius 1 is 1.45 bits per heavy atom. The molecule has 1 aromatic rings. The van der Waals surface area contributed by atoms with E-state index >= 15 is 0 Å². The number of aliphatic hydroxyl groups excluding tert-OH is 1. The predicted octanol–water partition coefficient (Wildman–Crippen LogP) is 1.74. The molecular weight excluding hydrogens is 299 g/mol. The zero-order chi connectivity index (χ0) is 16.3. The molecule has 1 amide bonds. The Hall–Kier alpha value is -1.57. The molecule has 124 valence electrons. The quantitative estimate of drug-likeness (QED) is 0.920. The molecule has 0 aromatic carbocycles. The van der Waals surface area contributed by atoms with Gasteiger partial charge in [-0.1, -0.05) is 0 Å². The lowest BCUT2D eigenvalue weighted by Crippen LogP contribution is -2.45. The molecule has 0 spiro atoms. The largest absolute Gasteiger partial charge is 0.414 e. The molecular formula is C14H20F3N3O2. The summed E-state index contributed by atoms with van der Waals surface area (Å²) in [6.45, 7) is 2.88. The number of rotatable bonds is 4. The molecule has 2 rings (SSSR count). The molecule has 0 bridgehead atoms. The van der Waals surface area contributed by atoms with Gasteiger partial charge in [0.2, 0.25) is 5.91 Å². The maximum absolute atomic E-state index is 12.5. The van der Waals surface area contributed by atoms with Gasteiger partial charge in [-0.25, -0.2) is 0 Å². The van der Waals surface area contributed by atoms with Crippen molar-refractivity contribution in [2.24, 2.45) is 5.92 Å². The molecule has 1 aromatic heterocycles. The van der Waals surface area contributed by atoms with E-state index in [-0.39, 0.29) is 38.3 Å². The van der Waals surface area contributed by atoms with Crippen LogP contribution in [-0.2, 0) is 11.3 Å². The Bertz CT molecular complexity index is 508. The lowest BCUT2D eigenvalue weighted by molar-refractivity contribution is -0.222. The zero-order valence-corrected chi connectivity index (χ0v) is 12.4. The molecule has 5 nitrogen and oxygen atoms in total. The monoisotopic (exact) mass is 319 g/mol. The van der Waals surface area contributed by atoms with Gasteiger partial charge < -0.3 is 10.0 Å². The first kappa shape index (κ1) is 16.8. The second-order valence-corrected chi connectivity index (χ2v) is 5.74. The van der Waals surface area contributed by atoms with Crippen LogP contribution < -0.4 is 0 Å². The van der Waals surface area contributed by atoms with Crippen LogP contribution in [0, 0.1) is 12.8 Å². The first-order chi connectivity index (χ1) is 10.3. The molecule has 0 aliphatic carbocycles. The maximum atomic E-state index is 12.5. The number of halogens is 3. The molecule has 0 radical (unpaired) electrons. The van der Waals surface area contributed by atoms with Crippen molar-refractivity contribution in [3.8, 4) is 0 Å². The van der Waals surface area contributed by atoms with Crippen molar-refractivity contribution in [2.45, 2.75) is 45.0 Å². The Morgan fingerprint density at radius 2 is 2.09 bits per heavy atom. The minimum Gasteiger partial charge on any atom is -0.383 e. The fourth-order valence-electron chi connectivity index (χ4n) is 2.69. The van der Waals surface area contributed by atoms with Gasteiger partial charge in [-0.3, -0.25) is 9.48 Å². The number of aromatic nitrogens is 2. The third kappa shape index (κ3) is 4.22. The summed E-state index contributed by atoms with van der Waals surface area (Å²) in [5, 5.41) is 13.3. The third-order valence-electron chi connectivity index (χ3n) is 3.99. The van der Waals surface area contributed by atoms with Crippen LogP contribution in [-0.4, -0.2) is 51.1 Å². The summed E-state index contributed by atoms with van der Waals surface area (Å²) >= 11 is 0. The van der Waals surface area contributed by atoms with E-state index < -0.39 is 18.2 Å². The van der Waals surface area contributed by atoms with Crippen LogP contribution >= 0.6 is 0 Å². The van der Waals surface area contributed by atoms with Crippen molar-refractivity contribution in [3.63, 3.8) is 0 Å². The predicted molar refractivity (Wildman–Crippen MR) is 72.9 cm³/mol. The number of carbonyl (C=O) groups is 1. The summed E-state index contributed by atoms with van der Waals surface area (Å²) in [5.41, 5.74) is 1.01. The molecule has 1 fully saturated rings. The summed E-state index contributed by atoms with van der Waals surface area (Å²) in [5.74, 6) is -0.911. The Morgan fingerprint density at radius 3 is 2.59 bits per heavy atom. The second-order valence-electron chi connectivity index (χ2n) is 5.74. The minimum atomic E-state index is -4.59. The fourth-order valence-corrected chi connectivity index (χ4v) is 2.69. The summed E-state index contributed by atoms with van der Waals surface area (Å²) in [6.07, 6.45) is -2.73. The molecule has 22 heavy (non-hydrogen) atoms. The van der Waals surface area contributed by atoms with Crippen LogP contribution in [0.1, 0.15) is 24.8 Å². The van der Waals surface area contributed by atoms with Crippen LogP contribution in [0.3, 0.4) is 0 Å². The van der Waals surface area contributed by atoms with Crippen molar-refractivity contribution in [1.82, 2.24) is 14.7 Å². The van der Waals surface area contributed by atoms with Crippen LogP contribution in [0.15, 0.2) is 12.4 Å². The van der Waals surface area contributed by atoms with E-state index in [1.54, 1.807) is 15.8 Å². The molecule has 1 unspecified atom stereocenters. The number of aryl methyl sites for hydroxylation is 2. The Balaban J connectivity index is 1.77. The number of nitrogens with zero attached hydrogens (tertiary/aromatic N) is 3. The lowest BCUT2D eigenvalue weighted by Gasteiger charge is -2.34. The molecule has 1 saturated heterocycles. The van der Waals surface area contributed by atoms with Gasteiger partial charge in [0.15, 0.2) is 6.10 Å². The molecule has 1 aliphatic heterocycles. The van der Waals surface area contributed by atoms with Gasteiger partial charge >= 0.3 is 6.18 Å². The average molecular weight is 319 g/mol.